The predicted molar refractivity (Wildman–Crippen MR) is 96.3 cm³/mol. The van der Waals surface area contributed by atoms with E-state index in [2.05, 4.69) is 10.1 Å². The van der Waals surface area contributed by atoms with Gasteiger partial charge in [-0.25, -0.2) is 17.5 Å². The molecule has 1 amide bonds. The van der Waals surface area contributed by atoms with Gasteiger partial charge >= 0.3 is 5.97 Å². The molecular weight excluding hydrogens is 356 g/mol. The fourth-order valence-corrected chi connectivity index (χ4v) is 3.12. The predicted octanol–water partition coefficient (Wildman–Crippen LogP) is 1.65. The van der Waals surface area contributed by atoms with Gasteiger partial charge in [-0.1, -0.05) is 18.2 Å². The second-order valence-electron chi connectivity index (χ2n) is 5.69. The maximum atomic E-state index is 12.3. The molecule has 0 aliphatic rings. The highest BCUT2D eigenvalue weighted by molar-refractivity contribution is 7.89. The van der Waals surface area contributed by atoms with E-state index in [4.69, 9.17) is 0 Å². The number of benzene rings is 2. The van der Waals surface area contributed by atoms with E-state index >= 15 is 0 Å². The number of esters is 1. The third-order valence-corrected chi connectivity index (χ3v) is 5.51. The molecule has 0 saturated carbocycles. The Morgan fingerprint density at radius 1 is 1.04 bits per heavy atom. The van der Waals surface area contributed by atoms with Gasteiger partial charge in [0.05, 0.1) is 17.6 Å². The van der Waals surface area contributed by atoms with Crippen LogP contribution in [0.5, 0.6) is 0 Å². The lowest BCUT2D eigenvalue weighted by atomic mass is 10.1. The van der Waals surface area contributed by atoms with Gasteiger partial charge in [0.2, 0.25) is 10.0 Å². The molecule has 2 aromatic carbocycles. The molecule has 0 atom stereocenters. The van der Waals surface area contributed by atoms with Gasteiger partial charge in [-0.2, -0.15) is 0 Å². The number of hydrogen-bond acceptors (Lipinski definition) is 5. The van der Waals surface area contributed by atoms with Crippen molar-refractivity contribution < 1.29 is 22.7 Å². The summed E-state index contributed by atoms with van der Waals surface area (Å²) in [5, 5.41) is 2.72. The van der Waals surface area contributed by atoms with Gasteiger partial charge in [0, 0.05) is 26.2 Å². The van der Waals surface area contributed by atoms with Crippen molar-refractivity contribution in [2.24, 2.45) is 0 Å². The fraction of sp³-hybridized carbons (Fsp3) is 0.222. The summed E-state index contributed by atoms with van der Waals surface area (Å²) in [5.74, 6) is -0.822. The molecule has 0 spiro atoms. The van der Waals surface area contributed by atoms with Crippen molar-refractivity contribution in [2.75, 3.05) is 21.2 Å². The summed E-state index contributed by atoms with van der Waals surface area (Å²) >= 11 is 0. The first-order valence-electron chi connectivity index (χ1n) is 7.73. The maximum absolute atomic E-state index is 12.3. The van der Waals surface area contributed by atoms with Crippen LogP contribution in [0.25, 0.3) is 0 Å². The maximum Gasteiger partial charge on any atom is 0.337 e. The molecule has 0 fully saturated rings. The first kappa shape index (κ1) is 19.6. The number of methoxy groups -OCH3 is 1. The number of nitrogens with one attached hydrogen (secondary N) is 1. The smallest absolute Gasteiger partial charge is 0.337 e. The summed E-state index contributed by atoms with van der Waals surface area (Å²) in [4.78, 5) is 23.7. The van der Waals surface area contributed by atoms with Crippen molar-refractivity contribution in [1.82, 2.24) is 9.62 Å². The quantitative estimate of drug-likeness (QED) is 0.774. The Morgan fingerprint density at radius 2 is 1.69 bits per heavy atom. The van der Waals surface area contributed by atoms with Crippen molar-refractivity contribution in [2.45, 2.75) is 11.4 Å². The van der Waals surface area contributed by atoms with E-state index in [9.17, 15) is 18.0 Å². The minimum atomic E-state index is -3.61. The summed E-state index contributed by atoms with van der Waals surface area (Å²) in [5.41, 5.74) is 1.46. The van der Waals surface area contributed by atoms with E-state index in [-0.39, 0.29) is 17.0 Å². The molecule has 1 N–H and O–H groups in total. The highest BCUT2D eigenvalue weighted by Gasteiger charge is 2.18. The molecular formula is C18H20N2O5S. The summed E-state index contributed by atoms with van der Waals surface area (Å²) < 4.78 is 30.0. The van der Waals surface area contributed by atoms with Gasteiger partial charge < -0.3 is 10.1 Å². The molecule has 0 bridgehead atoms. The molecule has 26 heavy (non-hydrogen) atoms. The van der Waals surface area contributed by atoms with Crippen LogP contribution in [0.4, 0.5) is 0 Å². The molecule has 0 saturated heterocycles. The topological polar surface area (TPSA) is 92.8 Å². The number of rotatable bonds is 6. The Hall–Kier alpha value is -2.71. The van der Waals surface area contributed by atoms with E-state index in [0.29, 0.717) is 5.56 Å². The van der Waals surface area contributed by atoms with Crippen LogP contribution in [-0.2, 0) is 21.3 Å². The first-order valence-corrected chi connectivity index (χ1v) is 9.17. The number of nitrogens with zero attached hydrogens (tertiary/aromatic N) is 1. The number of sulfonamides is 1. The van der Waals surface area contributed by atoms with Gasteiger partial charge in [0.25, 0.3) is 5.91 Å². The van der Waals surface area contributed by atoms with E-state index in [1.165, 1.54) is 39.4 Å². The van der Waals surface area contributed by atoms with Crippen LogP contribution in [0.3, 0.4) is 0 Å². The number of ether oxygens (including phenoxy) is 1. The Morgan fingerprint density at radius 3 is 2.27 bits per heavy atom. The number of amides is 1. The molecule has 0 heterocycles. The van der Waals surface area contributed by atoms with Gasteiger partial charge in [-0.3, -0.25) is 4.79 Å². The number of carbonyl (C=O) groups excluding carboxylic acids is 2. The molecule has 2 aromatic rings. The van der Waals surface area contributed by atoms with Crippen LogP contribution in [0.2, 0.25) is 0 Å². The zero-order valence-electron chi connectivity index (χ0n) is 14.7. The Kier molecular flexibility index (Phi) is 6.12. The van der Waals surface area contributed by atoms with Gasteiger partial charge in [0.15, 0.2) is 0 Å². The highest BCUT2D eigenvalue weighted by atomic mass is 32.2. The lowest BCUT2D eigenvalue weighted by Gasteiger charge is -2.12. The van der Waals surface area contributed by atoms with Crippen LogP contribution in [0, 0.1) is 0 Å². The first-order chi connectivity index (χ1) is 12.3. The minimum Gasteiger partial charge on any atom is -0.465 e. The second-order valence-corrected chi connectivity index (χ2v) is 7.84. The van der Waals surface area contributed by atoms with Crippen LogP contribution in [-0.4, -0.2) is 45.8 Å². The molecule has 0 aliphatic carbocycles. The molecule has 7 nitrogen and oxygen atoms in total. The minimum absolute atomic E-state index is 0.0533. The highest BCUT2D eigenvalue weighted by Crippen LogP contribution is 2.15. The molecule has 138 valence electrons. The van der Waals surface area contributed by atoms with Crippen LogP contribution >= 0.6 is 0 Å². The van der Waals surface area contributed by atoms with Crippen LogP contribution in [0.15, 0.2) is 53.4 Å². The SMILES string of the molecule is COC(=O)c1ccc(CNC(=O)c2cccc(S(=O)(=O)N(C)C)c2)cc1. The zero-order valence-corrected chi connectivity index (χ0v) is 15.5. The van der Waals surface area contributed by atoms with E-state index in [1.807, 2.05) is 0 Å². The molecule has 8 heteroatoms. The van der Waals surface area contributed by atoms with Crippen LogP contribution in [0.1, 0.15) is 26.3 Å². The lowest BCUT2D eigenvalue weighted by Crippen LogP contribution is -2.25. The summed E-state index contributed by atoms with van der Waals surface area (Å²) in [7, 11) is 0.562. The Balaban J connectivity index is 2.08. The summed E-state index contributed by atoms with van der Waals surface area (Å²) in [6, 6.07) is 12.5. The fourth-order valence-electron chi connectivity index (χ4n) is 2.17. The second kappa shape index (κ2) is 8.11. The van der Waals surface area contributed by atoms with Crippen molar-refractivity contribution in [1.29, 1.82) is 0 Å². The van der Waals surface area contributed by atoms with E-state index in [1.54, 1.807) is 30.3 Å². The summed E-state index contributed by atoms with van der Waals surface area (Å²) in [6.45, 7) is 0.241. The molecule has 2 rings (SSSR count). The Labute approximate surface area is 152 Å². The third-order valence-electron chi connectivity index (χ3n) is 3.70. The largest absolute Gasteiger partial charge is 0.465 e. The van der Waals surface area contributed by atoms with Gasteiger partial charge in [-0.05, 0) is 35.9 Å². The average Bonchev–Trinajstić information content (AvgIpc) is 2.65. The molecule has 0 aromatic heterocycles. The average molecular weight is 376 g/mol. The summed E-state index contributed by atoms with van der Waals surface area (Å²) in [6.07, 6.45) is 0. The van der Waals surface area contributed by atoms with Crippen molar-refractivity contribution in [3.63, 3.8) is 0 Å². The van der Waals surface area contributed by atoms with Crippen molar-refractivity contribution >= 4 is 21.9 Å². The molecule has 0 radical (unpaired) electrons. The molecule has 0 unspecified atom stereocenters. The van der Waals surface area contributed by atoms with Crippen molar-refractivity contribution in [3.05, 3.63) is 65.2 Å². The van der Waals surface area contributed by atoms with Crippen LogP contribution < -0.4 is 5.32 Å². The van der Waals surface area contributed by atoms with E-state index < -0.39 is 21.9 Å². The normalized spacial score (nSPS) is 11.2. The third kappa shape index (κ3) is 4.47. The Bertz CT molecular complexity index is 905. The standard InChI is InChI=1S/C18H20N2O5S/c1-20(2)26(23,24)16-6-4-5-15(11-16)17(21)19-12-13-7-9-14(10-8-13)18(22)25-3/h4-11H,12H2,1-3H3,(H,19,21). The number of hydrogen-bond donors (Lipinski definition) is 1. The molecule has 0 aliphatic heterocycles. The van der Waals surface area contributed by atoms with Gasteiger partial charge in [0.1, 0.15) is 0 Å². The van der Waals surface area contributed by atoms with Gasteiger partial charge in [-0.15, -0.1) is 0 Å². The van der Waals surface area contributed by atoms with E-state index in [0.717, 1.165) is 9.87 Å². The lowest BCUT2D eigenvalue weighted by molar-refractivity contribution is 0.0600. The monoisotopic (exact) mass is 376 g/mol. The van der Waals surface area contributed by atoms with Crippen molar-refractivity contribution in [3.8, 4) is 0 Å². The zero-order chi connectivity index (χ0) is 19.3. The number of carbonyl (C=O) groups is 2.